The van der Waals surface area contributed by atoms with E-state index >= 15 is 0 Å². The molecule has 0 N–H and O–H groups in total. The SMILES string of the molecule is [Ag].[Au].[Cu].[Ni].[Ni]. The second-order valence-corrected chi connectivity index (χ2v) is 0. The van der Waals surface area contributed by atoms with E-state index in [1.807, 2.05) is 0 Å². The topological polar surface area (TPSA) is 0 Å². The second-order valence-electron chi connectivity index (χ2n) is 0. The van der Waals surface area contributed by atoms with Gasteiger partial charge in [-0.15, -0.1) is 0 Å². The third-order valence-electron chi connectivity index (χ3n) is 0. The Balaban J connectivity index is 0. The van der Waals surface area contributed by atoms with Crippen LogP contribution in [-0.4, -0.2) is 0 Å². The molecule has 0 heterocycles. The third kappa shape index (κ3) is 19.5. The monoisotopic (exact) mass is 483 g/mol. The van der Waals surface area contributed by atoms with Crippen LogP contribution in [0.1, 0.15) is 0 Å². The van der Waals surface area contributed by atoms with Gasteiger partial charge in [-0.2, -0.15) is 0 Å². The van der Waals surface area contributed by atoms with Crippen molar-refractivity contribution >= 4 is 0 Å². The van der Waals surface area contributed by atoms with Gasteiger partial charge in [-0.1, -0.05) is 0 Å². The van der Waals surface area contributed by atoms with Crippen molar-refractivity contribution in [3.8, 4) is 0 Å². The van der Waals surface area contributed by atoms with Crippen molar-refractivity contribution in [2.75, 3.05) is 0 Å². The van der Waals surface area contributed by atoms with Crippen molar-refractivity contribution in [2.45, 2.75) is 0 Å². The van der Waals surface area contributed by atoms with Crippen LogP contribution in [0.15, 0.2) is 0 Å². The molecule has 0 aromatic heterocycles. The zero-order valence-electron chi connectivity index (χ0n) is 1.54. The van der Waals surface area contributed by atoms with Gasteiger partial charge in [0, 0.05) is 94.8 Å². The summed E-state index contributed by atoms with van der Waals surface area (Å²) in [4.78, 5) is 0. The van der Waals surface area contributed by atoms with Crippen molar-refractivity contribution in [3.05, 3.63) is 0 Å². The molecule has 0 saturated heterocycles. The van der Waals surface area contributed by atoms with E-state index < -0.39 is 0 Å². The van der Waals surface area contributed by atoms with Crippen LogP contribution in [0.4, 0.5) is 0 Å². The van der Waals surface area contributed by atoms with Crippen LogP contribution in [0, 0.1) is 0 Å². The zero-order valence-corrected chi connectivity index (χ0v) is 8.10. The number of hydrogen-bond acceptors (Lipinski definition) is 0. The van der Waals surface area contributed by atoms with E-state index in [9.17, 15) is 0 Å². The molecule has 0 aliphatic rings. The van der Waals surface area contributed by atoms with Crippen molar-refractivity contribution in [1.29, 1.82) is 0 Å². The summed E-state index contributed by atoms with van der Waals surface area (Å²) >= 11 is 0. The first-order chi connectivity index (χ1) is 0. The van der Waals surface area contributed by atoms with Gasteiger partial charge in [0.2, 0.25) is 0 Å². The van der Waals surface area contributed by atoms with Crippen LogP contribution in [0.3, 0.4) is 0 Å². The molecule has 0 bridgehead atoms. The zero-order chi connectivity index (χ0) is 0. The number of rotatable bonds is 0. The van der Waals surface area contributed by atoms with Crippen molar-refractivity contribution in [3.63, 3.8) is 0 Å². The molecule has 0 rings (SSSR count). The molecule has 0 fully saturated rings. The van der Waals surface area contributed by atoms with Gasteiger partial charge in [0.05, 0.1) is 0 Å². The fourth-order valence-corrected chi connectivity index (χ4v) is 0. The van der Waals surface area contributed by atoms with Gasteiger partial charge in [0.1, 0.15) is 0 Å². The molecular weight excluding hydrogens is 486 g/mol. The fraction of sp³-hybridized carbons (Fsp3) is 0. The average Bonchev–Trinajstić information content (AvgIpc) is 0. The van der Waals surface area contributed by atoms with Crippen LogP contribution >= 0.6 is 0 Å². The third-order valence-corrected chi connectivity index (χ3v) is 0. The molecule has 0 amide bonds. The Morgan fingerprint density at radius 2 is 0.800 bits per heavy atom. The van der Waals surface area contributed by atoms with Crippen LogP contribution in [0.5, 0.6) is 0 Å². The molecule has 5 heavy (non-hydrogen) atoms. The summed E-state index contributed by atoms with van der Waals surface area (Å²) in [5.41, 5.74) is 0. The molecule has 0 nitrogen and oxygen atoms in total. The summed E-state index contributed by atoms with van der Waals surface area (Å²) in [5.74, 6) is 0. The minimum absolute atomic E-state index is 0. The van der Waals surface area contributed by atoms with Crippen LogP contribution < -0.4 is 0 Å². The molecule has 53 valence electrons. The minimum Gasteiger partial charge on any atom is 0 e. The Kier molecular flexibility index (Phi) is 245. The van der Waals surface area contributed by atoms with Crippen molar-refractivity contribution < 1.29 is 94.8 Å². The van der Waals surface area contributed by atoms with Gasteiger partial charge in [-0.25, -0.2) is 0 Å². The summed E-state index contributed by atoms with van der Waals surface area (Å²) < 4.78 is 0. The van der Waals surface area contributed by atoms with Gasteiger partial charge in [-0.3, -0.25) is 0 Å². The molecule has 0 aliphatic carbocycles. The summed E-state index contributed by atoms with van der Waals surface area (Å²) in [7, 11) is 0. The van der Waals surface area contributed by atoms with Crippen LogP contribution in [0.2, 0.25) is 0 Å². The van der Waals surface area contributed by atoms with E-state index in [4.69, 9.17) is 0 Å². The summed E-state index contributed by atoms with van der Waals surface area (Å²) in [5, 5.41) is 0. The molecular formula is AgAuCuNi2. The fourth-order valence-electron chi connectivity index (χ4n) is 0. The van der Waals surface area contributed by atoms with Gasteiger partial charge < -0.3 is 0 Å². The Bertz CT molecular complexity index is 9.61. The Labute approximate surface area is 93.3 Å². The van der Waals surface area contributed by atoms with Crippen molar-refractivity contribution in [1.82, 2.24) is 0 Å². The summed E-state index contributed by atoms with van der Waals surface area (Å²) in [6.07, 6.45) is 0. The van der Waals surface area contributed by atoms with Crippen molar-refractivity contribution in [2.24, 2.45) is 0 Å². The van der Waals surface area contributed by atoms with E-state index in [-0.39, 0.29) is 94.8 Å². The quantitative estimate of drug-likeness (QED) is 0.424. The maximum absolute atomic E-state index is 0. The molecule has 0 aromatic rings. The maximum atomic E-state index is 0. The van der Waals surface area contributed by atoms with Gasteiger partial charge in [-0.05, 0) is 0 Å². The largest absolute Gasteiger partial charge is 0 e. The normalized spacial score (nSPS) is 0. The first-order valence-electron chi connectivity index (χ1n) is 0. The molecule has 0 aliphatic heterocycles. The summed E-state index contributed by atoms with van der Waals surface area (Å²) in [6, 6.07) is 0. The molecule has 0 unspecified atom stereocenters. The van der Waals surface area contributed by atoms with Crippen LogP contribution in [-0.2, 0) is 94.8 Å². The Morgan fingerprint density at radius 3 is 0.800 bits per heavy atom. The van der Waals surface area contributed by atoms with Gasteiger partial charge in [0.15, 0.2) is 0 Å². The molecule has 0 aromatic carbocycles. The minimum atomic E-state index is 0. The van der Waals surface area contributed by atoms with E-state index in [0.717, 1.165) is 0 Å². The maximum Gasteiger partial charge on any atom is 0 e. The smallest absolute Gasteiger partial charge is 0 e. The Hall–Kier alpha value is 2.99. The molecule has 0 spiro atoms. The first-order valence-corrected chi connectivity index (χ1v) is 0. The molecule has 3 radical (unpaired) electrons. The van der Waals surface area contributed by atoms with E-state index in [2.05, 4.69) is 0 Å². The van der Waals surface area contributed by atoms with Gasteiger partial charge >= 0.3 is 0 Å². The van der Waals surface area contributed by atoms with Gasteiger partial charge in [0.25, 0.3) is 0 Å². The van der Waals surface area contributed by atoms with E-state index in [1.165, 1.54) is 0 Å². The van der Waals surface area contributed by atoms with E-state index in [1.54, 1.807) is 0 Å². The number of hydrogen-bond donors (Lipinski definition) is 0. The molecule has 5 heteroatoms. The van der Waals surface area contributed by atoms with Crippen LogP contribution in [0.25, 0.3) is 0 Å². The Morgan fingerprint density at radius 1 is 0.800 bits per heavy atom. The average molecular weight is 486 g/mol. The standard InChI is InChI=1S/Ag.Au.Cu.2Ni. The second kappa shape index (κ2) is 28.1. The first kappa shape index (κ1) is 43.7. The predicted molar refractivity (Wildman–Crippen MR) is 0 cm³/mol. The molecule has 0 saturated carbocycles. The molecule has 0 atom stereocenters. The summed E-state index contributed by atoms with van der Waals surface area (Å²) in [6.45, 7) is 0. The van der Waals surface area contributed by atoms with E-state index in [0.29, 0.717) is 0 Å². The predicted octanol–water partition coefficient (Wildman–Crippen LogP) is -0.0125.